The summed E-state index contributed by atoms with van der Waals surface area (Å²) in [4.78, 5) is 4.68. The molecule has 0 unspecified atom stereocenters. The highest BCUT2D eigenvalue weighted by Gasteiger charge is 2.29. The van der Waals surface area contributed by atoms with Gasteiger partial charge in [0.1, 0.15) is 10.8 Å². The van der Waals surface area contributed by atoms with Gasteiger partial charge in [0.15, 0.2) is 5.16 Å². The van der Waals surface area contributed by atoms with E-state index in [9.17, 15) is 0 Å². The highest BCUT2D eigenvalue weighted by Crippen LogP contribution is 2.40. The van der Waals surface area contributed by atoms with E-state index in [0.29, 0.717) is 5.92 Å². The van der Waals surface area contributed by atoms with Crippen molar-refractivity contribution in [3.63, 3.8) is 0 Å². The lowest BCUT2D eigenvalue weighted by molar-refractivity contribution is 0.643. The number of aromatic nitrogens is 4. The molecule has 1 fully saturated rings. The Morgan fingerprint density at radius 2 is 2.14 bits per heavy atom. The second-order valence-corrected chi connectivity index (χ2v) is 7.28. The van der Waals surface area contributed by atoms with Gasteiger partial charge in [-0.1, -0.05) is 23.9 Å². The fraction of sp³-hybridized carbons (Fsp3) is 0.400. The van der Waals surface area contributed by atoms with Gasteiger partial charge in [0, 0.05) is 12.5 Å². The Kier molecular flexibility index (Phi) is 3.43. The second-order valence-electron chi connectivity index (χ2n) is 5.22. The molecule has 21 heavy (non-hydrogen) atoms. The molecule has 1 saturated carbocycles. The normalized spacial score (nSPS) is 14.9. The van der Waals surface area contributed by atoms with Gasteiger partial charge in [0.05, 0.1) is 16.0 Å². The minimum atomic E-state index is 0.647. The van der Waals surface area contributed by atoms with Crippen molar-refractivity contribution in [1.82, 2.24) is 19.7 Å². The molecule has 0 saturated heterocycles. The number of para-hydroxylation sites is 1. The van der Waals surface area contributed by atoms with Crippen LogP contribution in [0.4, 0.5) is 0 Å². The van der Waals surface area contributed by atoms with Crippen LogP contribution in [0.15, 0.2) is 29.4 Å². The van der Waals surface area contributed by atoms with Gasteiger partial charge in [-0.05, 0) is 31.9 Å². The zero-order valence-corrected chi connectivity index (χ0v) is 13.5. The third kappa shape index (κ3) is 2.58. The molecule has 1 aromatic carbocycles. The third-order valence-electron chi connectivity index (χ3n) is 3.67. The van der Waals surface area contributed by atoms with E-state index in [-0.39, 0.29) is 0 Å². The summed E-state index contributed by atoms with van der Waals surface area (Å²) < 4.78 is 3.51. The molecule has 2 heterocycles. The Balaban J connectivity index is 1.53. The SMILES string of the molecule is CCn1c(SCc2nc3ccccc3s2)nnc1C1CC1. The minimum Gasteiger partial charge on any atom is -0.306 e. The van der Waals surface area contributed by atoms with Gasteiger partial charge in [-0.25, -0.2) is 4.98 Å². The molecule has 0 spiro atoms. The third-order valence-corrected chi connectivity index (χ3v) is 5.86. The summed E-state index contributed by atoms with van der Waals surface area (Å²) in [5.41, 5.74) is 1.09. The van der Waals surface area contributed by atoms with Gasteiger partial charge < -0.3 is 4.57 Å². The van der Waals surface area contributed by atoms with Crippen LogP contribution >= 0.6 is 23.1 Å². The van der Waals surface area contributed by atoms with Crippen LogP contribution in [-0.4, -0.2) is 19.7 Å². The highest BCUT2D eigenvalue weighted by atomic mass is 32.2. The number of fused-ring (bicyclic) bond motifs is 1. The summed E-state index contributed by atoms with van der Waals surface area (Å²) in [7, 11) is 0. The lowest BCUT2D eigenvalue weighted by Crippen LogP contribution is -2.01. The number of hydrogen-bond donors (Lipinski definition) is 0. The van der Waals surface area contributed by atoms with Crippen molar-refractivity contribution in [2.45, 2.75) is 43.1 Å². The summed E-state index contributed by atoms with van der Waals surface area (Å²) in [6.45, 7) is 3.11. The van der Waals surface area contributed by atoms with E-state index in [1.165, 1.54) is 23.4 Å². The Morgan fingerprint density at radius 3 is 2.90 bits per heavy atom. The molecule has 0 radical (unpaired) electrons. The lowest BCUT2D eigenvalue weighted by atomic mass is 10.3. The average Bonchev–Trinajstić information content (AvgIpc) is 3.13. The summed E-state index contributed by atoms with van der Waals surface area (Å²) in [5, 5.41) is 10.9. The molecule has 0 atom stereocenters. The smallest absolute Gasteiger partial charge is 0.191 e. The lowest BCUT2D eigenvalue weighted by Gasteiger charge is -2.05. The fourth-order valence-electron chi connectivity index (χ4n) is 2.46. The fourth-order valence-corrected chi connectivity index (χ4v) is 4.42. The van der Waals surface area contributed by atoms with E-state index in [0.717, 1.165) is 28.0 Å². The molecule has 0 aliphatic heterocycles. The number of rotatable bonds is 5. The van der Waals surface area contributed by atoms with Crippen LogP contribution in [0.2, 0.25) is 0 Å². The highest BCUT2D eigenvalue weighted by molar-refractivity contribution is 7.98. The topological polar surface area (TPSA) is 43.6 Å². The van der Waals surface area contributed by atoms with E-state index in [2.05, 4.69) is 44.9 Å². The van der Waals surface area contributed by atoms with Crippen LogP contribution in [0, 0.1) is 0 Å². The molecule has 1 aliphatic carbocycles. The van der Waals surface area contributed by atoms with Gasteiger partial charge >= 0.3 is 0 Å². The zero-order valence-electron chi connectivity index (χ0n) is 11.8. The predicted molar refractivity (Wildman–Crippen MR) is 86.9 cm³/mol. The standard InChI is InChI=1S/C15H16N4S2/c1-2-19-14(10-7-8-10)17-18-15(19)20-9-13-16-11-5-3-4-6-12(11)21-13/h3-6,10H,2,7-9H2,1H3. The maximum absolute atomic E-state index is 4.68. The molecular formula is C15H16N4S2. The quantitative estimate of drug-likeness (QED) is 0.665. The average molecular weight is 316 g/mol. The molecule has 0 bridgehead atoms. The van der Waals surface area contributed by atoms with Crippen LogP contribution < -0.4 is 0 Å². The maximum atomic E-state index is 4.68. The van der Waals surface area contributed by atoms with Crippen LogP contribution in [0.25, 0.3) is 10.2 Å². The van der Waals surface area contributed by atoms with Gasteiger partial charge in [-0.15, -0.1) is 21.5 Å². The largest absolute Gasteiger partial charge is 0.306 e. The molecule has 6 heteroatoms. The van der Waals surface area contributed by atoms with Crippen molar-refractivity contribution >= 4 is 33.3 Å². The Labute approximate surface area is 131 Å². The summed E-state index contributed by atoms with van der Waals surface area (Å²) in [6, 6.07) is 8.29. The number of benzene rings is 1. The molecule has 0 amide bonds. The summed E-state index contributed by atoms with van der Waals surface area (Å²) >= 11 is 3.51. The zero-order chi connectivity index (χ0) is 14.2. The van der Waals surface area contributed by atoms with Crippen LogP contribution in [0.5, 0.6) is 0 Å². The maximum Gasteiger partial charge on any atom is 0.191 e. The van der Waals surface area contributed by atoms with E-state index >= 15 is 0 Å². The summed E-state index contributed by atoms with van der Waals surface area (Å²) in [6.07, 6.45) is 2.53. The van der Waals surface area contributed by atoms with Crippen molar-refractivity contribution in [2.24, 2.45) is 0 Å². The van der Waals surface area contributed by atoms with E-state index in [1.807, 2.05) is 6.07 Å². The molecule has 0 N–H and O–H groups in total. The Morgan fingerprint density at radius 1 is 1.29 bits per heavy atom. The van der Waals surface area contributed by atoms with Gasteiger partial charge in [-0.2, -0.15) is 0 Å². The molecule has 4 rings (SSSR count). The van der Waals surface area contributed by atoms with E-state index in [1.54, 1.807) is 23.1 Å². The number of hydrogen-bond acceptors (Lipinski definition) is 5. The Bertz CT molecular complexity index is 740. The second kappa shape index (κ2) is 5.42. The summed E-state index contributed by atoms with van der Waals surface area (Å²) in [5.74, 6) is 2.68. The van der Waals surface area contributed by atoms with E-state index < -0.39 is 0 Å². The predicted octanol–water partition coefficient (Wildman–Crippen LogP) is 4.08. The van der Waals surface area contributed by atoms with Crippen molar-refractivity contribution in [1.29, 1.82) is 0 Å². The van der Waals surface area contributed by atoms with Gasteiger partial charge in [0.25, 0.3) is 0 Å². The Hall–Kier alpha value is -1.40. The van der Waals surface area contributed by atoms with Crippen molar-refractivity contribution in [3.05, 3.63) is 35.1 Å². The van der Waals surface area contributed by atoms with E-state index in [4.69, 9.17) is 0 Å². The first kappa shape index (κ1) is 13.3. The first-order chi connectivity index (χ1) is 10.3. The molecule has 2 aromatic heterocycles. The monoisotopic (exact) mass is 316 g/mol. The molecule has 1 aliphatic rings. The minimum absolute atomic E-state index is 0.647. The van der Waals surface area contributed by atoms with Crippen LogP contribution in [-0.2, 0) is 12.3 Å². The van der Waals surface area contributed by atoms with Crippen molar-refractivity contribution < 1.29 is 0 Å². The number of thioether (sulfide) groups is 1. The molecular weight excluding hydrogens is 300 g/mol. The van der Waals surface area contributed by atoms with Gasteiger partial charge in [-0.3, -0.25) is 0 Å². The molecule has 108 valence electrons. The first-order valence-electron chi connectivity index (χ1n) is 7.25. The van der Waals surface area contributed by atoms with Crippen molar-refractivity contribution in [3.8, 4) is 0 Å². The van der Waals surface area contributed by atoms with Crippen LogP contribution in [0.3, 0.4) is 0 Å². The molecule has 4 nitrogen and oxygen atoms in total. The van der Waals surface area contributed by atoms with Crippen molar-refractivity contribution in [2.75, 3.05) is 0 Å². The van der Waals surface area contributed by atoms with Gasteiger partial charge in [0.2, 0.25) is 0 Å². The molecule has 3 aromatic rings. The number of thiazole rings is 1. The first-order valence-corrected chi connectivity index (χ1v) is 9.05. The van der Waals surface area contributed by atoms with Crippen LogP contribution in [0.1, 0.15) is 36.5 Å². The number of nitrogens with zero attached hydrogens (tertiary/aromatic N) is 4.